The largest absolute Gasteiger partial charge is 0.472 e. The second-order valence-corrected chi connectivity index (χ2v) is 17.1. The molecule has 0 saturated heterocycles. The minimum Gasteiger partial charge on any atom is -0.462 e. The van der Waals surface area contributed by atoms with Crippen molar-refractivity contribution in [3.63, 3.8) is 0 Å². The summed E-state index contributed by atoms with van der Waals surface area (Å²) in [5, 5.41) is 0. The van der Waals surface area contributed by atoms with E-state index in [2.05, 4.69) is 26.0 Å². The fourth-order valence-corrected chi connectivity index (χ4v) is 7.44. The van der Waals surface area contributed by atoms with Gasteiger partial charge >= 0.3 is 19.8 Å². The quantitative estimate of drug-likeness (QED) is 0.0267. The molecule has 0 aromatic heterocycles. The van der Waals surface area contributed by atoms with Crippen LogP contribution in [0.3, 0.4) is 0 Å². The predicted octanol–water partition coefficient (Wildman–Crippen LogP) is 13.4. The standard InChI is InChI=1S/C45H88NO8P/c1-3-5-7-9-11-13-15-16-17-18-19-20-21-22-23-24-25-26-28-29-31-33-35-37-44(47)51-41-43(42-53-55(49,50)52-40-39-46)54-45(48)38-36-34-32-30-27-14-12-10-8-6-4-2/h10,12,43H,3-9,11,13-42,46H2,1-2H3,(H,49,50)/b12-10+/t43-/m0/s1. The molecule has 1 unspecified atom stereocenters. The van der Waals surface area contributed by atoms with E-state index in [4.69, 9.17) is 24.3 Å². The Morgan fingerprint density at radius 1 is 0.527 bits per heavy atom. The smallest absolute Gasteiger partial charge is 0.462 e. The number of phosphoric ester groups is 1. The first kappa shape index (κ1) is 53.8. The molecule has 0 amide bonds. The monoisotopic (exact) mass is 802 g/mol. The molecule has 55 heavy (non-hydrogen) atoms. The molecule has 2 atom stereocenters. The number of carbonyl (C=O) groups excluding carboxylic acids is 2. The van der Waals surface area contributed by atoms with Crippen LogP contribution < -0.4 is 5.73 Å². The maximum Gasteiger partial charge on any atom is 0.472 e. The highest BCUT2D eigenvalue weighted by Gasteiger charge is 2.26. The van der Waals surface area contributed by atoms with Crippen LogP contribution in [0.25, 0.3) is 0 Å². The molecule has 9 nitrogen and oxygen atoms in total. The lowest BCUT2D eigenvalue weighted by Crippen LogP contribution is -2.29. The van der Waals surface area contributed by atoms with Crippen molar-refractivity contribution in [2.45, 2.75) is 238 Å². The normalized spacial score (nSPS) is 13.3. The molecule has 0 aliphatic heterocycles. The van der Waals surface area contributed by atoms with Gasteiger partial charge < -0.3 is 20.1 Å². The lowest BCUT2D eigenvalue weighted by atomic mass is 10.0. The van der Waals surface area contributed by atoms with E-state index in [1.165, 1.54) is 141 Å². The van der Waals surface area contributed by atoms with Crippen LogP contribution in [0.2, 0.25) is 0 Å². The van der Waals surface area contributed by atoms with Gasteiger partial charge in [0.15, 0.2) is 6.10 Å². The van der Waals surface area contributed by atoms with E-state index in [1.807, 2.05) is 0 Å². The fraction of sp³-hybridized carbons (Fsp3) is 0.911. The zero-order valence-corrected chi connectivity index (χ0v) is 36.8. The Morgan fingerprint density at radius 2 is 0.909 bits per heavy atom. The van der Waals surface area contributed by atoms with Crippen LogP contribution in [-0.2, 0) is 32.7 Å². The number of unbranched alkanes of at least 4 members (excludes halogenated alkanes) is 29. The third-order valence-corrected chi connectivity index (χ3v) is 11.1. The minimum atomic E-state index is -4.37. The lowest BCUT2D eigenvalue weighted by molar-refractivity contribution is -0.161. The van der Waals surface area contributed by atoms with E-state index in [1.54, 1.807) is 0 Å². The van der Waals surface area contributed by atoms with E-state index >= 15 is 0 Å². The number of rotatable bonds is 44. The molecule has 0 saturated carbocycles. The van der Waals surface area contributed by atoms with Crippen LogP contribution in [0.5, 0.6) is 0 Å². The molecule has 0 bridgehead atoms. The second-order valence-electron chi connectivity index (χ2n) is 15.6. The molecule has 326 valence electrons. The number of phosphoric acid groups is 1. The van der Waals surface area contributed by atoms with Crippen LogP contribution in [0.4, 0.5) is 0 Å². The number of ether oxygens (including phenoxy) is 2. The first-order chi connectivity index (χ1) is 26.8. The second kappa shape index (κ2) is 42.4. The van der Waals surface area contributed by atoms with Crippen LogP contribution in [0, 0.1) is 0 Å². The summed E-state index contributed by atoms with van der Waals surface area (Å²) in [7, 11) is -4.37. The summed E-state index contributed by atoms with van der Waals surface area (Å²) < 4.78 is 32.8. The van der Waals surface area contributed by atoms with Gasteiger partial charge in [0.05, 0.1) is 13.2 Å². The average Bonchev–Trinajstić information content (AvgIpc) is 3.17. The molecular formula is C45H88NO8P. The highest BCUT2D eigenvalue weighted by atomic mass is 31.2. The molecule has 3 N–H and O–H groups in total. The van der Waals surface area contributed by atoms with Crippen LogP contribution in [-0.4, -0.2) is 49.3 Å². The summed E-state index contributed by atoms with van der Waals surface area (Å²) in [6, 6.07) is 0. The van der Waals surface area contributed by atoms with Gasteiger partial charge in [-0.05, 0) is 32.1 Å². The van der Waals surface area contributed by atoms with Crippen molar-refractivity contribution in [2.24, 2.45) is 5.73 Å². The number of carbonyl (C=O) groups is 2. The fourth-order valence-electron chi connectivity index (χ4n) is 6.68. The lowest BCUT2D eigenvalue weighted by Gasteiger charge is -2.19. The van der Waals surface area contributed by atoms with Crippen LogP contribution in [0.15, 0.2) is 12.2 Å². The van der Waals surface area contributed by atoms with Gasteiger partial charge in [-0.3, -0.25) is 18.6 Å². The Bertz CT molecular complexity index is 917. The Hall–Kier alpha value is -1.25. The van der Waals surface area contributed by atoms with E-state index in [0.717, 1.165) is 57.8 Å². The molecule has 0 aromatic carbocycles. The van der Waals surface area contributed by atoms with E-state index in [9.17, 15) is 19.0 Å². The Labute approximate surface area is 339 Å². The topological polar surface area (TPSA) is 134 Å². The van der Waals surface area contributed by atoms with Gasteiger partial charge in [-0.25, -0.2) is 4.57 Å². The summed E-state index contributed by atoms with van der Waals surface area (Å²) in [4.78, 5) is 34.8. The highest BCUT2D eigenvalue weighted by molar-refractivity contribution is 7.47. The van der Waals surface area contributed by atoms with Crippen molar-refractivity contribution in [1.29, 1.82) is 0 Å². The molecule has 0 radical (unpaired) electrons. The molecule has 0 aromatic rings. The van der Waals surface area contributed by atoms with Gasteiger partial charge in [0, 0.05) is 19.4 Å². The van der Waals surface area contributed by atoms with E-state index in [0.29, 0.717) is 6.42 Å². The molecule has 0 heterocycles. The summed E-state index contributed by atoms with van der Waals surface area (Å²) in [6.45, 7) is 3.71. The average molecular weight is 802 g/mol. The maximum absolute atomic E-state index is 12.5. The molecule has 0 aliphatic rings. The van der Waals surface area contributed by atoms with Gasteiger partial charge in [0.2, 0.25) is 0 Å². The van der Waals surface area contributed by atoms with Gasteiger partial charge in [-0.15, -0.1) is 0 Å². The molecular weight excluding hydrogens is 713 g/mol. The Kier molecular flexibility index (Phi) is 41.4. The van der Waals surface area contributed by atoms with Crippen molar-refractivity contribution < 1.29 is 37.6 Å². The molecule has 0 aliphatic carbocycles. The van der Waals surface area contributed by atoms with Gasteiger partial charge in [0.1, 0.15) is 6.61 Å². The predicted molar refractivity (Wildman–Crippen MR) is 229 cm³/mol. The highest BCUT2D eigenvalue weighted by Crippen LogP contribution is 2.43. The zero-order valence-electron chi connectivity index (χ0n) is 35.9. The third-order valence-electron chi connectivity index (χ3n) is 10.2. The summed E-state index contributed by atoms with van der Waals surface area (Å²) >= 11 is 0. The van der Waals surface area contributed by atoms with Gasteiger partial charge in [-0.2, -0.15) is 0 Å². The number of hydrogen-bond donors (Lipinski definition) is 2. The summed E-state index contributed by atoms with van der Waals surface area (Å²) in [5.41, 5.74) is 5.34. The van der Waals surface area contributed by atoms with Gasteiger partial charge in [0.25, 0.3) is 0 Å². The van der Waals surface area contributed by atoms with Gasteiger partial charge in [-0.1, -0.05) is 199 Å². The van der Waals surface area contributed by atoms with Crippen LogP contribution in [0.1, 0.15) is 232 Å². The van der Waals surface area contributed by atoms with E-state index in [-0.39, 0.29) is 38.6 Å². The SMILES string of the molecule is CCCC/C=C/CCCCCCCC(=O)O[C@@H](COC(=O)CCCCCCCCCCCCCCCCCCCCCCCCC)COP(=O)(O)OCCN. The maximum atomic E-state index is 12.5. The van der Waals surface area contributed by atoms with Crippen molar-refractivity contribution in [3.05, 3.63) is 12.2 Å². The minimum absolute atomic E-state index is 0.0547. The van der Waals surface area contributed by atoms with Crippen molar-refractivity contribution in [2.75, 3.05) is 26.4 Å². The Balaban J connectivity index is 3.96. The molecule has 0 spiro atoms. The molecule has 10 heteroatoms. The molecule has 0 rings (SSSR count). The van der Waals surface area contributed by atoms with Crippen molar-refractivity contribution >= 4 is 19.8 Å². The number of hydrogen-bond acceptors (Lipinski definition) is 8. The Morgan fingerprint density at radius 3 is 1.35 bits per heavy atom. The van der Waals surface area contributed by atoms with E-state index < -0.39 is 26.5 Å². The van der Waals surface area contributed by atoms with Crippen molar-refractivity contribution in [3.8, 4) is 0 Å². The number of esters is 2. The summed E-state index contributed by atoms with van der Waals surface area (Å²) in [5.74, 6) is -0.828. The third kappa shape index (κ3) is 42.2. The zero-order chi connectivity index (χ0) is 40.3. The first-order valence-electron chi connectivity index (χ1n) is 23.2. The number of nitrogens with two attached hydrogens (primary N) is 1. The number of allylic oxidation sites excluding steroid dienone is 2. The first-order valence-corrected chi connectivity index (χ1v) is 24.7. The van der Waals surface area contributed by atoms with Crippen molar-refractivity contribution in [1.82, 2.24) is 0 Å². The van der Waals surface area contributed by atoms with Crippen LogP contribution >= 0.6 is 7.82 Å². The summed E-state index contributed by atoms with van der Waals surface area (Å²) in [6.07, 6.45) is 44.0. The molecule has 0 fully saturated rings.